The Hall–Kier alpha value is -1.39. The van der Waals surface area contributed by atoms with Gasteiger partial charge in [-0.3, -0.25) is 4.79 Å². The monoisotopic (exact) mass is 283 g/mol. The summed E-state index contributed by atoms with van der Waals surface area (Å²) in [6.07, 6.45) is 2.88. The molecule has 114 valence electrons. The summed E-state index contributed by atoms with van der Waals surface area (Å²) in [6, 6.07) is 0.127. The van der Waals surface area contributed by atoms with Crippen molar-refractivity contribution in [2.75, 3.05) is 0 Å². The van der Waals surface area contributed by atoms with Crippen molar-refractivity contribution in [3.63, 3.8) is 0 Å². The van der Waals surface area contributed by atoms with Crippen LogP contribution in [0.2, 0.25) is 0 Å². The van der Waals surface area contributed by atoms with Gasteiger partial charge in [0.25, 0.3) is 0 Å². The Morgan fingerprint density at radius 2 is 1.85 bits per heavy atom. The van der Waals surface area contributed by atoms with Gasteiger partial charge in [-0.2, -0.15) is 0 Å². The van der Waals surface area contributed by atoms with Gasteiger partial charge in [0, 0.05) is 24.9 Å². The number of fused-ring (bicyclic) bond motifs is 1. The lowest BCUT2D eigenvalue weighted by Gasteiger charge is -2.51. The Kier molecular flexibility index (Phi) is 5.31. The molecular weight excluding hydrogens is 258 g/mol. The Labute approximate surface area is 120 Å². The number of rotatable bonds is 0. The van der Waals surface area contributed by atoms with E-state index in [4.69, 9.17) is 4.79 Å². The summed E-state index contributed by atoms with van der Waals surface area (Å²) >= 11 is 0. The van der Waals surface area contributed by atoms with Crippen molar-refractivity contribution in [3.8, 4) is 0 Å². The van der Waals surface area contributed by atoms with Crippen LogP contribution in [0.25, 0.3) is 0 Å². The summed E-state index contributed by atoms with van der Waals surface area (Å²) in [4.78, 5) is 32.7. The fraction of sp³-hybridized carbons (Fsp3) is 0.800. The number of piperidine rings is 1. The van der Waals surface area contributed by atoms with Gasteiger partial charge in [0.2, 0.25) is 0 Å². The van der Waals surface area contributed by atoms with Crippen LogP contribution >= 0.6 is 0 Å². The number of likely N-dealkylation sites (tertiary alicyclic amines) is 1. The van der Waals surface area contributed by atoms with E-state index in [1.54, 1.807) is 4.90 Å². The normalized spacial score (nSPS) is 30.1. The van der Waals surface area contributed by atoms with Gasteiger partial charge >= 0.3 is 6.09 Å². The predicted octanol–water partition coefficient (Wildman–Crippen LogP) is 2.73. The van der Waals surface area contributed by atoms with E-state index < -0.39 is 6.09 Å². The van der Waals surface area contributed by atoms with Gasteiger partial charge in [0.1, 0.15) is 12.6 Å². The molecule has 1 saturated heterocycles. The van der Waals surface area contributed by atoms with E-state index in [9.17, 15) is 14.7 Å². The lowest BCUT2D eigenvalue weighted by molar-refractivity contribution is -0.125. The first-order valence-corrected chi connectivity index (χ1v) is 7.12. The van der Waals surface area contributed by atoms with Gasteiger partial charge in [0.15, 0.2) is 0 Å². The Morgan fingerprint density at radius 1 is 1.25 bits per heavy atom. The van der Waals surface area contributed by atoms with Crippen molar-refractivity contribution >= 4 is 18.7 Å². The van der Waals surface area contributed by atoms with Crippen LogP contribution in [-0.2, 0) is 9.59 Å². The molecule has 1 N–H and O–H groups in total. The first kappa shape index (κ1) is 16.7. The van der Waals surface area contributed by atoms with Gasteiger partial charge in [-0.1, -0.05) is 20.8 Å². The molecule has 1 aliphatic carbocycles. The average molecular weight is 283 g/mol. The molecule has 0 spiro atoms. The molecule has 0 bridgehead atoms. The number of hydrogen-bond donors (Lipinski definition) is 1. The third kappa shape index (κ3) is 3.38. The molecule has 2 aliphatic rings. The first-order valence-electron chi connectivity index (χ1n) is 7.12. The van der Waals surface area contributed by atoms with Crippen molar-refractivity contribution in [3.05, 3.63) is 0 Å². The van der Waals surface area contributed by atoms with Gasteiger partial charge in [-0.05, 0) is 30.6 Å². The van der Waals surface area contributed by atoms with E-state index in [0.29, 0.717) is 25.0 Å². The van der Waals surface area contributed by atoms with E-state index in [1.807, 2.05) is 6.79 Å². The topological polar surface area (TPSA) is 74.7 Å². The van der Waals surface area contributed by atoms with Crippen molar-refractivity contribution in [2.45, 2.75) is 65.0 Å². The first-order chi connectivity index (χ1) is 9.30. The van der Waals surface area contributed by atoms with Crippen molar-refractivity contribution in [2.24, 2.45) is 11.3 Å². The summed E-state index contributed by atoms with van der Waals surface area (Å²) in [5, 5.41) is 9.52. The number of hydrogen-bond acceptors (Lipinski definition) is 3. The van der Waals surface area contributed by atoms with Crippen LogP contribution in [0.15, 0.2) is 0 Å². The third-order valence-corrected chi connectivity index (χ3v) is 4.48. The Bertz CT molecular complexity index is 375. The molecule has 5 nitrogen and oxygen atoms in total. The van der Waals surface area contributed by atoms with E-state index in [-0.39, 0.29) is 23.4 Å². The molecule has 3 atom stereocenters. The van der Waals surface area contributed by atoms with Crippen LogP contribution in [0.3, 0.4) is 0 Å². The van der Waals surface area contributed by atoms with Gasteiger partial charge in [-0.25, -0.2) is 4.79 Å². The SMILES string of the molecule is C=O.CC(C)(C)[C@@H]1CC[C@H]2CC(=O)CCC2N1C(=O)O. The number of ketones is 1. The standard InChI is InChI=1S/C14H23NO3.CH2O/c1-14(2,3)12-7-4-9-8-10(16)5-6-11(9)15(12)13(17)18;1-2/h9,11-12H,4-8H2,1-3H3,(H,17,18);1H2/t9-,11?,12-;/m0./s1. The van der Waals surface area contributed by atoms with Gasteiger partial charge in [-0.15, -0.1) is 0 Å². The highest BCUT2D eigenvalue weighted by Gasteiger charge is 2.46. The average Bonchev–Trinajstić information content (AvgIpc) is 2.38. The molecule has 1 saturated carbocycles. The maximum absolute atomic E-state index is 11.6. The minimum absolute atomic E-state index is 0.0369. The van der Waals surface area contributed by atoms with Crippen LogP contribution in [0, 0.1) is 11.3 Å². The fourth-order valence-corrected chi connectivity index (χ4v) is 3.60. The third-order valence-electron chi connectivity index (χ3n) is 4.48. The predicted molar refractivity (Wildman–Crippen MR) is 75.6 cm³/mol. The van der Waals surface area contributed by atoms with E-state index in [2.05, 4.69) is 20.8 Å². The summed E-state index contributed by atoms with van der Waals surface area (Å²) in [5.74, 6) is 0.553. The van der Waals surface area contributed by atoms with Crippen LogP contribution in [0.5, 0.6) is 0 Å². The number of carboxylic acid groups (broad SMARTS) is 1. The number of carbonyl (C=O) groups is 3. The highest BCUT2D eigenvalue weighted by Crippen LogP contribution is 2.41. The van der Waals surface area contributed by atoms with Crippen LogP contribution < -0.4 is 0 Å². The number of carbonyl (C=O) groups excluding carboxylic acids is 2. The second-order valence-corrected chi connectivity index (χ2v) is 6.76. The molecule has 5 heteroatoms. The molecule has 1 aliphatic heterocycles. The highest BCUT2D eigenvalue weighted by atomic mass is 16.4. The fourth-order valence-electron chi connectivity index (χ4n) is 3.60. The maximum Gasteiger partial charge on any atom is 0.407 e. The molecular formula is C15H25NO4. The highest BCUT2D eigenvalue weighted by molar-refractivity contribution is 5.80. The summed E-state index contributed by atoms with van der Waals surface area (Å²) in [6.45, 7) is 8.30. The molecule has 1 amide bonds. The van der Waals surface area contributed by atoms with E-state index in [0.717, 1.165) is 12.8 Å². The molecule has 20 heavy (non-hydrogen) atoms. The Balaban J connectivity index is 0.000000956. The van der Waals surface area contributed by atoms with Crippen LogP contribution in [0.4, 0.5) is 4.79 Å². The molecule has 2 fully saturated rings. The largest absolute Gasteiger partial charge is 0.465 e. The summed E-state index contributed by atoms with van der Waals surface area (Å²) in [5.41, 5.74) is -0.0369. The molecule has 1 heterocycles. The molecule has 0 aromatic heterocycles. The molecule has 0 aromatic carbocycles. The van der Waals surface area contributed by atoms with E-state index >= 15 is 0 Å². The summed E-state index contributed by atoms with van der Waals surface area (Å²) in [7, 11) is 0. The molecule has 1 unspecified atom stereocenters. The van der Waals surface area contributed by atoms with Crippen molar-refractivity contribution < 1.29 is 19.5 Å². The smallest absolute Gasteiger partial charge is 0.407 e. The second kappa shape index (κ2) is 6.37. The zero-order valence-corrected chi connectivity index (χ0v) is 12.6. The number of Topliss-reactive ketones (excluding diaryl/α,β-unsaturated/α-hetero) is 1. The van der Waals surface area contributed by atoms with Crippen molar-refractivity contribution in [1.29, 1.82) is 0 Å². The van der Waals surface area contributed by atoms with Crippen molar-refractivity contribution in [1.82, 2.24) is 4.90 Å². The quantitative estimate of drug-likeness (QED) is 0.741. The minimum atomic E-state index is -0.820. The molecule has 2 rings (SSSR count). The lowest BCUT2D eigenvalue weighted by atomic mass is 9.71. The Morgan fingerprint density at radius 3 is 2.35 bits per heavy atom. The lowest BCUT2D eigenvalue weighted by Crippen LogP contribution is -2.58. The van der Waals surface area contributed by atoms with Crippen LogP contribution in [-0.4, -0.2) is 40.8 Å². The zero-order valence-electron chi connectivity index (χ0n) is 12.6. The minimum Gasteiger partial charge on any atom is -0.465 e. The van der Waals surface area contributed by atoms with Gasteiger partial charge < -0.3 is 14.8 Å². The van der Waals surface area contributed by atoms with Crippen LogP contribution in [0.1, 0.15) is 52.9 Å². The second-order valence-electron chi connectivity index (χ2n) is 6.76. The zero-order chi connectivity index (χ0) is 15.5. The number of nitrogens with zero attached hydrogens (tertiary/aromatic N) is 1. The number of amides is 1. The summed E-state index contributed by atoms with van der Waals surface area (Å²) < 4.78 is 0. The maximum atomic E-state index is 11.6. The van der Waals surface area contributed by atoms with Gasteiger partial charge in [0.05, 0.1) is 0 Å². The van der Waals surface area contributed by atoms with E-state index in [1.165, 1.54) is 0 Å². The molecule has 0 radical (unpaired) electrons. The molecule has 0 aromatic rings.